The molecule has 0 aliphatic carbocycles. The van der Waals surface area contributed by atoms with E-state index in [9.17, 15) is 16.8 Å². The fraction of sp³-hybridized carbons (Fsp3) is 0.500. The van der Waals surface area contributed by atoms with Crippen LogP contribution in [0.25, 0.3) is 0 Å². The maximum Gasteiger partial charge on any atom is 0.244 e. The third kappa shape index (κ3) is 3.50. The quantitative estimate of drug-likeness (QED) is 0.850. The normalized spacial score (nSPS) is 12.7. The molecule has 1 N–H and O–H groups in total. The van der Waals surface area contributed by atoms with Crippen LogP contribution in [-0.2, 0) is 19.9 Å². The number of hydrogen-bond acceptors (Lipinski definition) is 5. The van der Waals surface area contributed by atoms with E-state index in [0.717, 1.165) is 6.26 Å². The summed E-state index contributed by atoms with van der Waals surface area (Å²) in [4.78, 5) is -0.0427. The van der Waals surface area contributed by atoms with E-state index in [-0.39, 0.29) is 9.79 Å². The second kappa shape index (κ2) is 6.11. The molecule has 20 heavy (non-hydrogen) atoms. The summed E-state index contributed by atoms with van der Waals surface area (Å²) in [6.07, 6.45) is 1.73. The van der Waals surface area contributed by atoms with Crippen molar-refractivity contribution in [2.45, 2.75) is 23.1 Å². The van der Waals surface area contributed by atoms with E-state index in [0.29, 0.717) is 18.7 Å². The van der Waals surface area contributed by atoms with E-state index in [1.807, 2.05) is 6.92 Å². The molecule has 0 heterocycles. The lowest BCUT2D eigenvalue weighted by Gasteiger charge is -2.19. The van der Waals surface area contributed by atoms with Gasteiger partial charge in [-0.2, -0.15) is 0 Å². The molecule has 0 saturated heterocycles. The van der Waals surface area contributed by atoms with Gasteiger partial charge in [-0.3, -0.25) is 0 Å². The molecule has 0 radical (unpaired) electrons. The van der Waals surface area contributed by atoms with Crippen LogP contribution in [-0.4, -0.2) is 48.0 Å². The monoisotopic (exact) mass is 320 g/mol. The molecule has 0 spiro atoms. The molecular formula is C12H20N2O4S2. The zero-order valence-electron chi connectivity index (χ0n) is 12.0. The van der Waals surface area contributed by atoms with Crippen molar-refractivity contribution >= 4 is 25.5 Å². The number of nitrogens with one attached hydrogen (secondary N) is 1. The van der Waals surface area contributed by atoms with Crippen molar-refractivity contribution in [1.82, 2.24) is 4.31 Å². The van der Waals surface area contributed by atoms with Crippen LogP contribution in [0.3, 0.4) is 0 Å². The summed E-state index contributed by atoms with van der Waals surface area (Å²) < 4.78 is 49.3. The highest BCUT2D eigenvalue weighted by molar-refractivity contribution is 7.91. The molecule has 0 fully saturated rings. The smallest absolute Gasteiger partial charge is 0.244 e. The van der Waals surface area contributed by atoms with Gasteiger partial charge in [0.25, 0.3) is 0 Å². The molecule has 0 aliphatic heterocycles. The second-order valence-corrected chi connectivity index (χ2v) is 8.54. The van der Waals surface area contributed by atoms with Gasteiger partial charge in [-0.15, -0.1) is 0 Å². The first-order valence-corrected chi connectivity index (χ1v) is 9.46. The molecule has 0 saturated carbocycles. The minimum Gasteiger partial charge on any atom is -0.387 e. The van der Waals surface area contributed by atoms with Crippen LogP contribution in [0.2, 0.25) is 0 Å². The summed E-state index contributed by atoms with van der Waals surface area (Å²) in [7, 11) is -4.11. The van der Waals surface area contributed by atoms with E-state index in [1.165, 1.54) is 29.6 Å². The van der Waals surface area contributed by atoms with Crippen LogP contribution in [0.15, 0.2) is 28.0 Å². The van der Waals surface area contributed by atoms with Crippen LogP contribution in [0.4, 0.5) is 5.69 Å². The number of sulfonamides is 1. The Balaban J connectivity index is 3.49. The summed E-state index contributed by atoms with van der Waals surface area (Å²) in [5, 5.41) is 2.78. The molecule has 0 atom stereocenters. The highest BCUT2D eigenvalue weighted by Crippen LogP contribution is 2.27. The van der Waals surface area contributed by atoms with Gasteiger partial charge >= 0.3 is 0 Å². The summed E-state index contributed by atoms with van der Waals surface area (Å²) in [6.45, 7) is 2.24. The third-order valence-electron chi connectivity index (χ3n) is 2.88. The predicted octanol–water partition coefficient (Wildman–Crippen LogP) is 1.16. The average molecular weight is 320 g/mol. The summed E-state index contributed by atoms with van der Waals surface area (Å²) in [5.41, 5.74) is 0.375. The number of anilines is 1. The van der Waals surface area contributed by atoms with Crippen molar-refractivity contribution < 1.29 is 16.8 Å². The minimum atomic E-state index is -3.72. The van der Waals surface area contributed by atoms with Crippen molar-refractivity contribution in [2.75, 3.05) is 32.2 Å². The Morgan fingerprint density at radius 3 is 2.25 bits per heavy atom. The molecule has 6 nitrogen and oxygen atoms in total. The molecule has 114 valence electrons. The fourth-order valence-corrected chi connectivity index (χ4v) is 3.96. The molecule has 0 amide bonds. The zero-order chi connectivity index (χ0) is 15.6. The highest BCUT2D eigenvalue weighted by atomic mass is 32.2. The van der Waals surface area contributed by atoms with Gasteiger partial charge in [-0.05, 0) is 24.6 Å². The Morgan fingerprint density at radius 2 is 1.80 bits per heavy atom. The second-order valence-electron chi connectivity index (χ2n) is 4.51. The van der Waals surface area contributed by atoms with Crippen molar-refractivity contribution in [3.05, 3.63) is 18.2 Å². The number of benzene rings is 1. The predicted molar refractivity (Wildman–Crippen MR) is 79.2 cm³/mol. The maximum absolute atomic E-state index is 12.5. The molecule has 0 bridgehead atoms. The Labute approximate surface area is 120 Å². The largest absolute Gasteiger partial charge is 0.387 e. The van der Waals surface area contributed by atoms with Crippen molar-refractivity contribution in [2.24, 2.45) is 0 Å². The number of nitrogens with zero attached hydrogens (tertiary/aromatic N) is 1. The first-order valence-electron chi connectivity index (χ1n) is 6.12. The van der Waals surface area contributed by atoms with Gasteiger partial charge in [-0.1, -0.05) is 6.92 Å². The first-order chi connectivity index (χ1) is 9.14. The maximum atomic E-state index is 12.5. The van der Waals surface area contributed by atoms with E-state index in [4.69, 9.17) is 0 Å². The molecular weight excluding hydrogens is 300 g/mol. The molecule has 0 aromatic heterocycles. The first kappa shape index (κ1) is 16.9. The number of hydrogen-bond donors (Lipinski definition) is 1. The Hall–Kier alpha value is -1.12. The molecule has 1 aromatic rings. The van der Waals surface area contributed by atoms with Crippen LogP contribution < -0.4 is 5.32 Å². The third-order valence-corrected chi connectivity index (χ3v) is 5.88. The van der Waals surface area contributed by atoms with Crippen molar-refractivity contribution in [1.29, 1.82) is 0 Å². The number of sulfone groups is 1. The lowest BCUT2D eigenvalue weighted by atomic mass is 10.3. The van der Waals surface area contributed by atoms with E-state index in [1.54, 1.807) is 7.05 Å². The SMILES string of the molecule is CCCN(C)S(=O)(=O)c1cc(S(C)(=O)=O)ccc1NC. The topological polar surface area (TPSA) is 83.6 Å². The van der Waals surface area contributed by atoms with Crippen LogP contribution >= 0.6 is 0 Å². The molecule has 0 aliphatic rings. The van der Waals surface area contributed by atoms with Crippen LogP contribution in [0, 0.1) is 0 Å². The zero-order valence-corrected chi connectivity index (χ0v) is 13.7. The van der Waals surface area contributed by atoms with Crippen LogP contribution in [0.1, 0.15) is 13.3 Å². The average Bonchev–Trinajstić information content (AvgIpc) is 2.37. The Morgan fingerprint density at radius 1 is 1.20 bits per heavy atom. The number of rotatable bonds is 6. The highest BCUT2D eigenvalue weighted by Gasteiger charge is 2.25. The van der Waals surface area contributed by atoms with E-state index in [2.05, 4.69) is 5.32 Å². The van der Waals surface area contributed by atoms with E-state index < -0.39 is 19.9 Å². The summed E-state index contributed by atoms with van der Waals surface area (Å²) in [5.74, 6) is 0. The molecule has 1 aromatic carbocycles. The van der Waals surface area contributed by atoms with Crippen molar-refractivity contribution in [3.63, 3.8) is 0 Å². The van der Waals surface area contributed by atoms with Gasteiger partial charge in [0.15, 0.2) is 9.84 Å². The molecule has 1 rings (SSSR count). The lowest BCUT2D eigenvalue weighted by molar-refractivity contribution is 0.468. The standard InChI is InChI=1S/C12H20N2O4S2/c1-5-8-14(3)20(17,18)12-9-10(19(4,15)16)6-7-11(12)13-2/h6-7,9,13H,5,8H2,1-4H3. The van der Waals surface area contributed by atoms with Crippen molar-refractivity contribution in [3.8, 4) is 0 Å². The van der Waals surface area contributed by atoms with Crippen LogP contribution in [0.5, 0.6) is 0 Å². The van der Waals surface area contributed by atoms with Gasteiger partial charge in [-0.25, -0.2) is 21.1 Å². The minimum absolute atomic E-state index is 0.0139. The molecule has 0 unspecified atom stereocenters. The van der Waals surface area contributed by atoms with E-state index >= 15 is 0 Å². The molecule has 8 heteroatoms. The fourth-order valence-electron chi connectivity index (χ4n) is 1.76. The summed E-state index contributed by atoms with van der Waals surface area (Å²) in [6, 6.07) is 4.05. The summed E-state index contributed by atoms with van der Waals surface area (Å²) >= 11 is 0. The Bertz CT molecular complexity index is 681. The van der Waals surface area contributed by atoms with Gasteiger partial charge in [0.05, 0.1) is 10.6 Å². The lowest BCUT2D eigenvalue weighted by Crippen LogP contribution is -2.28. The van der Waals surface area contributed by atoms with Gasteiger partial charge in [0.2, 0.25) is 10.0 Å². The van der Waals surface area contributed by atoms with Gasteiger partial charge in [0, 0.05) is 26.9 Å². The van der Waals surface area contributed by atoms with Gasteiger partial charge in [0.1, 0.15) is 4.90 Å². The van der Waals surface area contributed by atoms with Gasteiger partial charge < -0.3 is 5.32 Å². The Kier molecular flexibility index (Phi) is 5.17.